The van der Waals surface area contributed by atoms with Crippen LogP contribution >= 0.6 is 0 Å². The number of nitrogens with zero attached hydrogens (tertiary/aromatic N) is 1. The van der Waals surface area contributed by atoms with Gasteiger partial charge in [-0.2, -0.15) is 0 Å². The lowest BCUT2D eigenvalue weighted by Crippen LogP contribution is -2.13. The Morgan fingerprint density at radius 2 is 1.67 bits per heavy atom. The Morgan fingerprint density at radius 1 is 0.926 bits per heavy atom. The highest BCUT2D eigenvalue weighted by Gasteiger charge is 2.12. The van der Waals surface area contributed by atoms with E-state index in [1.54, 1.807) is 0 Å². The quantitative estimate of drug-likeness (QED) is 0.487. The molecule has 0 aliphatic rings. The van der Waals surface area contributed by atoms with Gasteiger partial charge in [0, 0.05) is 34.4 Å². The standard InChI is InChI=1S/C24H22N2O/c1-3-26-22-14-13-20(25-24(27)21-12-8-7-9-17(21)2)15-19(22)16-23(26)18-10-5-4-6-11-18/h4-16H,3H2,1-2H3,(H,25,27). The molecule has 1 heterocycles. The molecule has 1 aromatic heterocycles. The average Bonchev–Trinajstić information content (AvgIpc) is 3.06. The summed E-state index contributed by atoms with van der Waals surface area (Å²) in [4.78, 5) is 12.6. The van der Waals surface area contributed by atoms with Crippen molar-refractivity contribution in [2.24, 2.45) is 0 Å². The summed E-state index contributed by atoms with van der Waals surface area (Å²) in [7, 11) is 0. The van der Waals surface area contributed by atoms with Crippen LogP contribution in [0.15, 0.2) is 78.9 Å². The largest absolute Gasteiger partial charge is 0.341 e. The van der Waals surface area contributed by atoms with Gasteiger partial charge in [0.15, 0.2) is 0 Å². The Balaban J connectivity index is 1.71. The Morgan fingerprint density at radius 3 is 2.41 bits per heavy atom. The maximum absolute atomic E-state index is 12.6. The van der Waals surface area contributed by atoms with Gasteiger partial charge in [0.1, 0.15) is 0 Å². The molecule has 4 aromatic rings. The van der Waals surface area contributed by atoms with Crippen molar-refractivity contribution in [3.8, 4) is 11.3 Å². The summed E-state index contributed by atoms with van der Waals surface area (Å²) in [6, 6.07) is 26.3. The monoisotopic (exact) mass is 354 g/mol. The van der Waals surface area contributed by atoms with E-state index in [2.05, 4.69) is 53.2 Å². The molecular formula is C24H22N2O. The van der Waals surface area contributed by atoms with Crippen molar-refractivity contribution < 1.29 is 4.79 Å². The molecule has 0 bridgehead atoms. The van der Waals surface area contributed by atoms with Crippen LogP contribution in [0.1, 0.15) is 22.8 Å². The molecule has 3 aromatic carbocycles. The fraction of sp³-hybridized carbons (Fsp3) is 0.125. The molecule has 0 saturated carbocycles. The number of carbonyl (C=O) groups is 1. The lowest BCUT2D eigenvalue weighted by Gasteiger charge is -2.09. The van der Waals surface area contributed by atoms with Crippen molar-refractivity contribution in [3.05, 3.63) is 90.0 Å². The van der Waals surface area contributed by atoms with E-state index >= 15 is 0 Å². The maximum Gasteiger partial charge on any atom is 0.255 e. The van der Waals surface area contributed by atoms with Gasteiger partial charge >= 0.3 is 0 Å². The molecule has 0 aliphatic heterocycles. The molecule has 1 amide bonds. The molecular weight excluding hydrogens is 332 g/mol. The van der Waals surface area contributed by atoms with Crippen molar-refractivity contribution >= 4 is 22.5 Å². The molecule has 134 valence electrons. The summed E-state index contributed by atoms with van der Waals surface area (Å²) in [5, 5.41) is 4.15. The van der Waals surface area contributed by atoms with E-state index in [1.807, 2.05) is 49.4 Å². The fourth-order valence-corrected chi connectivity index (χ4v) is 3.56. The molecule has 4 rings (SSSR count). The Labute approximate surface area is 159 Å². The molecule has 3 heteroatoms. The van der Waals surface area contributed by atoms with Gasteiger partial charge in [0.2, 0.25) is 0 Å². The van der Waals surface area contributed by atoms with Crippen LogP contribution in [-0.2, 0) is 6.54 Å². The minimum atomic E-state index is -0.0781. The number of nitrogens with one attached hydrogen (secondary N) is 1. The van der Waals surface area contributed by atoms with Gasteiger partial charge in [0.05, 0.1) is 0 Å². The summed E-state index contributed by atoms with van der Waals surface area (Å²) >= 11 is 0. The van der Waals surface area contributed by atoms with E-state index in [9.17, 15) is 4.79 Å². The zero-order chi connectivity index (χ0) is 18.8. The topological polar surface area (TPSA) is 34.0 Å². The Hall–Kier alpha value is -3.33. The predicted molar refractivity (Wildman–Crippen MR) is 112 cm³/mol. The highest BCUT2D eigenvalue weighted by molar-refractivity contribution is 6.06. The summed E-state index contributed by atoms with van der Waals surface area (Å²) in [5.74, 6) is -0.0781. The van der Waals surface area contributed by atoms with Crippen LogP contribution in [-0.4, -0.2) is 10.5 Å². The summed E-state index contributed by atoms with van der Waals surface area (Å²) in [6.45, 7) is 4.99. The number of anilines is 1. The third kappa shape index (κ3) is 3.24. The molecule has 0 aliphatic carbocycles. The number of hydrogen-bond donors (Lipinski definition) is 1. The van der Waals surface area contributed by atoms with Gasteiger partial charge < -0.3 is 9.88 Å². The summed E-state index contributed by atoms with van der Waals surface area (Å²) in [6.07, 6.45) is 0. The van der Waals surface area contributed by atoms with Crippen LogP contribution in [0.2, 0.25) is 0 Å². The first-order valence-electron chi connectivity index (χ1n) is 9.23. The number of amides is 1. The molecule has 0 fully saturated rings. The molecule has 27 heavy (non-hydrogen) atoms. The first-order chi connectivity index (χ1) is 13.2. The van der Waals surface area contributed by atoms with Crippen molar-refractivity contribution in [1.82, 2.24) is 4.57 Å². The van der Waals surface area contributed by atoms with Crippen LogP contribution in [0.5, 0.6) is 0 Å². The molecule has 0 saturated heterocycles. The van der Waals surface area contributed by atoms with Crippen LogP contribution in [0, 0.1) is 6.92 Å². The normalized spacial score (nSPS) is 10.9. The Bertz CT molecular complexity index is 1110. The van der Waals surface area contributed by atoms with Gasteiger partial charge in [0.25, 0.3) is 5.91 Å². The lowest BCUT2D eigenvalue weighted by molar-refractivity contribution is 0.102. The predicted octanol–water partition coefficient (Wildman–Crippen LogP) is 5.89. The second kappa shape index (κ2) is 7.12. The number of aryl methyl sites for hydroxylation is 2. The highest BCUT2D eigenvalue weighted by atomic mass is 16.1. The third-order valence-electron chi connectivity index (χ3n) is 4.93. The van der Waals surface area contributed by atoms with Crippen molar-refractivity contribution in [2.45, 2.75) is 20.4 Å². The zero-order valence-electron chi connectivity index (χ0n) is 15.6. The summed E-state index contributed by atoms with van der Waals surface area (Å²) in [5.41, 5.74) is 6.04. The van der Waals surface area contributed by atoms with Crippen molar-refractivity contribution in [2.75, 3.05) is 5.32 Å². The van der Waals surface area contributed by atoms with Gasteiger partial charge in [-0.3, -0.25) is 4.79 Å². The number of rotatable bonds is 4. The number of benzene rings is 3. The molecule has 1 N–H and O–H groups in total. The minimum absolute atomic E-state index is 0.0781. The minimum Gasteiger partial charge on any atom is -0.341 e. The zero-order valence-corrected chi connectivity index (χ0v) is 15.6. The van der Waals surface area contributed by atoms with Crippen LogP contribution < -0.4 is 5.32 Å². The van der Waals surface area contributed by atoms with E-state index in [1.165, 1.54) is 16.8 Å². The average molecular weight is 354 g/mol. The molecule has 0 radical (unpaired) electrons. The van der Waals surface area contributed by atoms with Gasteiger partial charge in [-0.05, 0) is 55.3 Å². The smallest absolute Gasteiger partial charge is 0.255 e. The second-order valence-electron chi connectivity index (χ2n) is 6.68. The molecule has 0 atom stereocenters. The number of hydrogen-bond acceptors (Lipinski definition) is 1. The number of fused-ring (bicyclic) bond motifs is 1. The van der Waals surface area contributed by atoms with Crippen LogP contribution in [0.3, 0.4) is 0 Å². The van der Waals surface area contributed by atoms with Crippen molar-refractivity contribution in [3.63, 3.8) is 0 Å². The maximum atomic E-state index is 12.6. The number of aromatic nitrogens is 1. The SMILES string of the molecule is CCn1c(-c2ccccc2)cc2cc(NC(=O)c3ccccc3C)ccc21. The first kappa shape index (κ1) is 17.1. The van der Waals surface area contributed by atoms with E-state index in [4.69, 9.17) is 0 Å². The summed E-state index contributed by atoms with van der Waals surface area (Å²) < 4.78 is 2.30. The van der Waals surface area contributed by atoms with Crippen LogP contribution in [0.4, 0.5) is 5.69 Å². The molecule has 3 nitrogen and oxygen atoms in total. The van der Waals surface area contributed by atoms with E-state index in [0.29, 0.717) is 5.56 Å². The highest BCUT2D eigenvalue weighted by Crippen LogP contribution is 2.30. The Kier molecular flexibility index (Phi) is 4.51. The van der Waals surface area contributed by atoms with E-state index < -0.39 is 0 Å². The van der Waals surface area contributed by atoms with Gasteiger partial charge in [-0.25, -0.2) is 0 Å². The fourth-order valence-electron chi connectivity index (χ4n) is 3.56. The second-order valence-corrected chi connectivity index (χ2v) is 6.68. The lowest BCUT2D eigenvalue weighted by atomic mass is 10.1. The third-order valence-corrected chi connectivity index (χ3v) is 4.93. The number of carbonyl (C=O) groups excluding carboxylic acids is 1. The van der Waals surface area contributed by atoms with Gasteiger partial charge in [-0.15, -0.1) is 0 Å². The van der Waals surface area contributed by atoms with Crippen LogP contribution in [0.25, 0.3) is 22.2 Å². The van der Waals surface area contributed by atoms with E-state index in [-0.39, 0.29) is 5.91 Å². The van der Waals surface area contributed by atoms with Gasteiger partial charge in [-0.1, -0.05) is 48.5 Å². The first-order valence-corrected chi connectivity index (χ1v) is 9.23. The molecule has 0 unspecified atom stereocenters. The molecule has 0 spiro atoms. The van der Waals surface area contributed by atoms with E-state index in [0.717, 1.165) is 23.2 Å². The van der Waals surface area contributed by atoms with Crippen molar-refractivity contribution in [1.29, 1.82) is 0 Å².